The Morgan fingerprint density at radius 3 is 2.33 bits per heavy atom. The van der Waals surface area contributed by atoms with Crippen LogP contribution in [-0.2, 0) is 9.59 Å². The van der Waals surface area contributed by atoms with Gasteiger partial charge in [-0.1, -0.05) is 25.1 Å². The summed E-state index contributed by atoms with van der Waals surface area (Å²) in [5, 5.41) is 0. The fourth-order valence-electron chi connectivity index (χ4n) is 4.73. The first-order chi connectivity index (χ1) is 13.2. The maximum atomic E-state index is 12.9. The van der Waals surface area contributed by atoms with E-state index in [2.05, 4.69) is 41.0 Å². The van der Waals surface area contributed by atoms with Gasteiger partial charge in [-0.3, -0.25) is 9.59 Å². The van der Waals surface area contributed by atoms with Crippen molar-refractivity contribution < 1.29 is 9.59 Å². The van der Waals surface area contributed by atoms with Crippen molar-refractivity contribution in [2.75, 3.05) is 37.6 Å². The van der Waals surface area contributed by atoms with Crippen LogP contribution in [0.15, 0.2) is 30.3 Å². The summed E-state index contributed by atoms with van der Waals surface area (Å²) in [6.45, 7) is 6.29. The van der Waals surface area contributed by atoms with Crippen LogP contribution in [0, 0.1) is 11.8 Å². The maximum absolute atomic E-state index is 12.9. The van der Waals surface area contributed by atoms with E-state index >= 15 is 0 Å². The molecule has 2 heterocycles. The first-order valence-corrected chi connectivity index (χ1v) is 10.6. The molecule has 0 radical (unpaired) electrons. The van der Waals surface area contributed by atoms with Gasteiger partial charge in [-0.25, -0.2) is 0 Å². The Morgan fingerprint density at radius 1 is 0.926 bits per heavy atom. The fraction of sp³-hybridized carbons (Fsp3) is 0.636. The van der Waals surface area contributed by atoms with Crippen LogP contribution < -0.4 is 4.90 Å². The average Bonchev–Trinajstić information content (AvgIpc) is 3.54. The number of hydrogen-bond acceptors (Lipinski definition) is 3. The lowest BCUT2D eigenvalue weighted by Crippen LogP contribution is -2.50. The Morgan fingerprint density at radius 2 is 1.63 bits per heavy atom. The van der Waals surface area contributed by atoms with Gasteiger partial charge in [0.1, 0.15) is 0 Å². The molecule has 3 aliphatic rings. The molecule has 4 rings (SSSR count). The molecule has 1 aliphatic carbocycles. The molecule has 0 N–H and O–H groups in total. The van der Waals surface area contributed by atoms with Gasteiger partial charge in [0, 0.05) is 44.5 Å². The van der Waals surface area contributed by atoms with E-state index in [-0.39, 0.29) is 23.7 Å². The van der Waals surface area contributed by atoms with Gasteiger partial charge in [0.05, 0.1) is 11.8 Å². The largest absolute Gasteiger partial charge is 0.368 e. The second-order valence-electron chi connectivity index (χ2n) is 8.19. The summed E-state index contributed by atoms with van der Waals surface area (Å²) < 4.78 is 0. The Labute approximate surface area is 162 Å². The predicted octanol–water partition coefficient (Wildman–Crippen LogP) is 2.76. The molecule has 27 heavy (non-hydrogen) atoms. The van der Waals surface area contributed by atoms with E-state index in [1.54, 1.807) is 0 Å². The minimum absolute atomic E-state index is 0.0585. The highest BCUT2D eigenvalue weighted by molar-refractivity contribution is 5.92. The molecule has 3 fully saturated rings. The second-order valence-corrected chi connectivity index (χ2v) is 8.19. The molecule has 2 aliphatic heterocycles. The van der Waals surface area contributed by atoms with Crippen LogP contribution in [0.4, 0.5) is 5.69 Å². The number of piperidine rings is 1. The smallest absolute Gasteiger partial charge is 0.226 e. The molecule has 3 atom stereocenters. The molecule has 1 aromatic carbocycles. The minimum Gasteiger partial charge on any atom is -0.368 e. The zero-order valence-electron chi connectivity index (χ0n) is 16.3. The third-order valence-electron chi connectivity index (χ3n) is 6.52. The molecule has 1 aromatic rings. The van der Waals surface area contributed by atoms with E-state index < -0.39 is 0 Å². The van der Waals surface area contributed by atoms with Crippen molar-refractivity contribution in [3.05, 3.63) is 30.3 Å². The quantitative estimate of drug-likeness (QED) is 0.820. The van der Waals surface area contributed by atoms with Crippen molar-refractivity contribution in [3.63, 3.8) is 0 Å². The zero-order chi connectivity index (χ0) is 18.8. The number of piperazine rings is 1. The number of hydrogen-bond donors (Lipinski definition) is 0. The number of nitrogens with zero attached hydrogens (tertiary/aromatic N) is 3. The van der Waals surface area contributed by atoms with Crippen LogP contribution in [0.2, 0.25) is 0 Å². The third kappa shape index (κ3) is 3.83. The maximum Gasteiger partial charge on any atom is 0.226 e. The van der Waals surface area contributed by atoms with E-state index in [0.29, 0.717) is 6.04 Å². The highest BCUT2D eigenvalue weighted by atomic mass is 16.2. The van der Waals surface area contributed by atoms with Gasteiger partial charge in [0.2, 0.25) is 11.8 Å². The topological polar surface area (TPSA) is 43.9 Å². The highest BCUT2D eigenvalue weighted by Crippen LogP contribution is 2.42. The van der Waals surface area contributed by atoms with Crippen LogP contribution in [0.3, 0.4) is 0 Å². The summed E-state index contributed by atoms with van der Waals surface area (Å²) in [6, 6.07) is 10.8. The number of amides is 2. The standard InChI is InChI=1S/C22H31N3O2/c1-2-17-8-6-7-11-25(17)22(27)20-16-19(20)21(26)24-14-12-23(13-15-24)18-9-4-3-5-10-18/h3-5,9-10,17,19-20H,2,6-8,11-16H2,1H3. The van der Waals surface area contributed by atoms with E-state index in [9.17, 15) is 9.59 Å². The molecule has 3 unspecified atom stereocenters. The van der Waals surface area contributed by atoms with Gasteiger partial charge < -0.3 is 14.7 Å². The summed E-state index contributed by atoms with van der Waals surface area (Å²) in [5.41, 5.74) is 1.22. The van der Waals surface area contributed by atoms with Crippen LogP contribution in [0.25, 0.3) is 0 Å². The van der Waals surface area contributed by atoms with Crippen molar-refractivity contribution >= 4 is 17.5 Å². The number of benzene rings is 1. The summed E-state index contributed by atoms with van der Waals surface area (Å²) in [5.74, 6) is 0.311. The normalized spacial score (nSPS) is 28.2. The van der Waals surface area contributed by atoms with Crippen LogP contribution in [0.1, 0.15) is 39.0 Å². The predicted molar refractivity (Wildman–Crippen MR) is 106 cm³/mol. The lowest BCUT2D eigenvalue weighted by molar-refractivity contribution is -0.140. The number of carbonyl (C=O) groups is 2. The second kappa shape index (κ2) is 7.91. The van der Waals surface area contributed by atoms with E-state index in [4.69, 9.17) is 0 Å². The van der Waals surface area contributed by atoms with Crippen molar-refractivity contribution in [2.45, 2.75) is 45.1 Å². The number of para-hydroxylation sites is 1. The summed E-state index contributed by atoms with van der Waals surface area (Å²) in [7, 11) is 0. The van der Waals surface area contributed by atoms with Gasteiger partial charge >= 0.3 is 0 Å². The van der Waals surface area contributed by atoms with E-state index in [0.717, 1.165) is 58.4 Å². The Hall–Kier alpha value is -2.04. The molecule has 0 bridgehead atoms. The fourth-order valence-corrected chi connectivity index (χ4v) is 4.73. The van der Waals surface area contributed by atoms with Gasteiger partial charge in [-0.2, -0.15) is 0 Å². The lowest BCUT2D eigenvalue weighted by atomic mass is 9.99. The van der Waals surface area contributed by atoms with Gasteiger partial charge in [0.15, 0.2) is 0 Å². The molecule has 2 saturated heterocycles. The monoisotopic (exact) mass is 369 g/mol. The first kappa shape index (κ1) is 18.3. The van der Waals surface area contributed by atoms with Gasteiger partial charge in [0.25, 0.3) is 0 Å². The average molecular weight is 370 g/mol. The zero-order valence-corrected chi connectivity index (χ0v) is 16.3. The van der Waals surface area contributed by atoms with Gasteiger partial charge in [-0.15, -0.1) is 0 Å². The summed E-state index contributed by atoms with van der Waals surface area (Å²) in [4.78, 5) is 32.2. The van der Waals surface area contributed by atoms with Gasteiger partial charge in [-0.05, 0) is 44.2 Å². The number of likely N-dealkylation sites (tertiary alicyclic amines) is 1. The van der Waals surface area contributed by atoms with E-state index in [1.165, 1.54) is 12.1 Å². The molecular formula is C22H31N3O2. The Balaban J connectivity index is 1.29. The van der Waals surface area contributed by atoms with Crippen molar-refractivity contribution in [1.29, 1.82) is 0 Å². The Kier molecular flexibility index (Phi) is 5.37. The highest BCUT2D eigenvalue weighted by Gasteiger charge is 2.51. The Bertz CT molecular complexity index is 669. The summed E-state index contributed by atoms with van der Waals surface area (Å²) in [6.07, 6.45) is 5.23. The van der Waals surface area contributed by atoms with Crippen molar-refractivity contribution in [1.82, 2.24) is 9.80 Å². The number of rotatable bonds is 4. The van der Waals surface area contributed by atoms with Crippen molar-refractivity contribution in [3.8, 4) is 0 Å². The molecular weight excluding hydrogens is 338 g/mol. The summed E-state index contributed by atoms with van der Waals surface area (Å²) >= 11 is 0. The van der Waals surface area contributed by atoms with Crippen LogP contribution >= 0.6 is 0 Å². The third-order valence-corrected chi connectivity index (χ3v) is 6.52. The number of anilines is 1. The van der Waals surface area contributed by atoms with E-state index in [1.807, 2.05) is 11.0 Å². The molecule has 146 valence electrons. The molecule has 5 heteroatoms. The van der Waals surface area contributed by atoms with Crippen LogP contribution in [-0.4, -0.2) is 60.4 Å². The minimum atomic E-state index is -0.0693. The SMILES string of the molecule is CCC1CCCCN1C(=O)C1CC1C(=O)N1CCN(c2ccccc2)CC1. The molecule has 5 nitrogen and oxygen atoms in total. The molecule has 2 amide bonds. The number of carbonyl (C=O) groups excluding carboxylic acids is 2. The van der Waals surface area contributed by atoms with Crippen molar-refractivity contribution in [2.24, 2.45) is 11.8 Å². The lowest BCUT2D eigenvalue weighted by Gasteiger charge is -2.37. The first-order valence-electron chi connectivity index (χ1n) is 10.6. The molecule has 1 saturated carbocycles. The molecule has 0 spiro atoms. The van der Waals surface area contributed by atoms with Crippen LogP contribution in [0.5, 0.6) is 0 Å². The molecule has 0 aromatic heterocycles.